The number of aryl methyl sites for hydroxylation is 3. The lowest BCUT2D eigenvalue weighted by molar-refractivity contribution is 0.665. The highest BCUT2D eigenvalue weighted by molar-refractivity contribution is 6.42. The molecule has 0 heterocycles. The van der Waals surface area contributed by atoms with Crippen LogP contribution in [0.4, 0.5) is 11.4 Å². The Morgan fingerprint density at radius 2 is 1.29 bits per heavy atom. The molecule has 0 atom stereocenters. The van der Waals surface area contributed by atoms with Gasteiger partial charge in [-0.05, 0) is 123 Å². The van der Waals surface area contributed by atoms with E-state index in [1.54, 1.807) is 0 Å². The van der Waals surface area contributed by atoms with E-state index in [9.17, 15) is 0 Å². The van der Waals surface area contributed by atoms with E-state index >= 15 is 0 Å². The van der Waals surface area contributed by atoms with E-state index in [1.165, 1.54) is 77.5 Å². The standard InChI is InChI=1S/C36H48N2/c1-8-11-13-15-21-31-23-33(22-26(4)27(31)5)37-29(7)36(10-3)38-34-24-32(18-12-9-2)28(6)35(25-34)30-19-16-14-17-20-30/h14,16-17,19-20,22-25H,8-13,15,18,21H2,1-7H3. The average molecular weight is 509 g/mol. The van der Waals surface area contributed by atoms with Gasteiger partial charge in [-0.1, -0.05) is 76.8 Å². The number of hydrogen-bond donors (Lipinski definition) is 0. The van der Waals surface area contributed by atoms with Crippen LogP contribution < -0.4 is 0 Å². The maximum absolute atomic E-state index is 5.19. The molecular weight excluding hydrogens is 460 g/mol. The molecule has 0 aliphatic heterocycles. The largest absolute Gasteiger partial charge is 0.252 e. The molecule has 2 heteroatoms. The maximum Gasteiger partial charge on any atom is 0.0642 e. The van der Waals surface area contributed by atoms with Crippen LogP contribution in [0.5, 0.6) is 0 Å². The predicted molar refractivity (Wildman–Crippen MR) is 169 cm³/mol. The molecule has 0 aromatic heterocycles. The SMILES string of the molecule is CCCCCCc1cc(N=C(C)C(CC)=Nc2cc(CCCC)c(C)c(-c3ccccc3)c2)cc(C)c1C. The van der Waals surface area contributed by atoms with E-state index < -0.39 is 0 Å². The van der Waals surface area contributed by atoms with Crippen molar-refractivity contribution < 1.29 is 0 Å². The van der Waals surface area contributed by atoms with E-state index in [0.717, 1.165) is 42.1 Å². The normalized spacial score (nSPS) is 12.3. The molecule has 0 saturated carbocycles. The number of hydrogen-bond acceptors (Lipinski definition) is 2. The fraction of sp³-hybridized carbons (Fsp3) is 0.444. The topological polar surface area (TPSA) is 24.7 Å². The van der Waals surface area contributed by atoms with E-state index in [0.29, 0.717) is 0 Å². The zero-order valence-corrected chi connectivity index (χ0v) is 25.0. The monoisotopic (exact) mass is 508 g/mol. The molecule has 0 aliphatic carbocycles. The van der Waals surface area contributed by atoms with Gasteiger partial charge in [0.25, 0.3) is 0 Å². The van der Waals surface area contributed by atoms with E-state index in [2.05, 4.69) is 103 Å². The molecule has 0 aliphatic rings. The Morgan fingerprint density at radius 1 is 0.658 bits per heavy atom. The van der Waals surface area contributed by atoms with Crippen molar-refractivity contribution in [2.45, 2.75) is 106 Å². The van der Waals surface area contributed by atoms with Crippen molar-refractivity contribution in [3.8, 4) is 11.1 Å². The summed E-state index contributed by atoms with van der Waals surface area (Å²) in [6, 6.07) is 19.8. The summed E-state index contributed by atoms with van der Waals surface area (Å²) < 4.78 is 0. The molecule has 202 valence electrons. The summed E-state index contributed by atoms with van der Waals surface area (Å²) in [5.41, 5.74) is 13.6. The summed E-state index contributed by atoms with van der Waals surface area (Å²) in [6.45, 7) is 15.5. The summed E-state index contributed by atoms with van der Waals surface area (Å²) in [5.74, 6) is 0. The molecule has 3 aromatic rings. The van der Waals surface area contributed by atoms with Crippen molar-refractivity contribution in [3.05, 3.63) is 82.4 Å². The van der Waals surface area contributed by atoms with Crippen LogP contribution >= 0.6 is 0 Å². The quantitative estimate of drug-likeness (QED) is 0.162. The minimum atomic E-state index is 0.850. The molecular formula is C36H48N2. The second-order valence-electron chi connectivity index (χ2n) is 10.7. The van der Waals surface area contributed by atoms with Crippen molar-refractivity contribution in [1.82, 2.24) is 0 Å². The molecule has 0 N–H and O–H groups in total. The van der Waals surface area contributed by atoms with Crippen LogP contribution in [0.1, 0.15) is 100 Å². The van der Waals surface area contributed by atoms with Crippen LogP contribution in [0.25, 0.3) is 11.1 Å². The van der Waals surface area contributed by atoms with Gasteiger partial charge in [-0.2, -0.15) is 0 Å². The number of rotatable bonds is 13. The summed E-state index contributed by atoms with van der Waals surface area (Å²) in [6.07, 6.45) is 10.6. The number of aliphatic imine (C=N–C) groups is 2. The van der Waals surface area contributed by atoms with Gasteiger partial charge in [0.15, 0.2) is 0 Å². The van der Waals surface area contributed by atoms with Crippen LogP contribution in [0, 0.1) is 20.8 Å². The van der Waals surface area contributed by atoms with E-state index in [1.807, 2.05) is 0 Å². The summed E-state index contributed by atoms with van der Waals surface area (Å²) >= 11 is 0. The highest BCUT2D eigenvalue weighted by Gasteiger charge is 2.11. The smallest absolute Gasteiger partial charge is 0.0642 e. The van der Waals surface area contributed by atoms with Crippen LogP contribution in [0.3, 0.4) is 0 Å². The lowest BCUT2D eigenvalue weighted by atomic mass is 9.93. The minimum absolute atomic E-state index is 0.850. The van der Waals surface area contributed by atoms with Gasteiger partial charge < -0.3 is 0 Å². The van der Waals surface area contributed by atoms with Gasteiger partial charge in [0.05, 0.1) is 22.8 Å². The first kappa shape index (κ1) is 29.6. The second kappa shape index (κ2) is 14.8. The van der Waals surface area contributed by atoms with Gasteiger partial charge in [0.1, 0.15) is 0 Å². The Balaban J connectivity index is 1.98. The summed E-state index contributed by atoms with van der Waals surface area (Å²) in [4.78, 5) is 10.3. The van der Waals surface area contributed by atoms with Gasteiger partial charge in [0, 0.05) is 0 Å². The molecule has 0 saturated heterocycles. The molecule has 0 fully saturated rings. The predicted octanol–water partition coefficient (Wildman–Crippen LogP) is 11.0. The van der Waals surface area contributed by atoms with Crippen LogP contribution in [0.15, 0.2) is 64.6 Å². The number of unbranched alkanes of at least 4 members (excludes halogenated alkanes) is 4. The fourth-order valence-corrected chi connectivity index (χ4v) is 5.17. The zero-order chi connectivity index (χ0) is 27.5. The minimum Gasteiger partial charge on any atom is -0.252 e. The van der Waals surface area contributed by atoms with Crippen molar-refractivity contribution in [2.24, 2.45) is 9.98 Å². The highest BCUT2D eigenvalue weighted by atomic mass is 14.8. The van der Waals surface area contributed by atoms with E-state index in [-0.39, 0.29) is 0 Å². The Morgan fingerprint density at radius 3 is 1.95 bits per heavy atom. The van der Waals surface area contributed by atoms with Crippen molar-refractivity contribution in [3.63, 3.8) is 0 Å². The molecule has 0 spiro atoms. The first-order valence-corrected chi connectivity index (χ1v) is 14.8. The lowest BCUT2D eigenvalue weighted by Crippen LogP contribution is -2.08. The van der Waals surface area contributed by atoms with Crippen LogP contribution in [0.2, 0.25) is 0 Å². The Bertz CT molecular complexity index is 1250. The molecule has 0 bridgehead atoms. The van der Waals surface area contributed by atoms with Gasteiger partial charge in [-0.25, -0.2) is 0 Å². The number of benzene rings is 3. The fourth-order valence-electron chi connectivity index (χ4n) is 5.17. The lowest BCUT2D eigenvalue weighted by Gasteiger charge is -2.14. The highest BCUT2D eigenvalue weighted by Crippen LogP contribution is 2.32. The first-order chi connectivity index (χ1) is 18.4. The van der Waals surface area contributed by atoms with Crippen molar-refractivity contribution in [2.75, 3.05) is 0 Å². The Labute approximate surface area is 232 Å². The van der Waals surface area contributed by atoms with Gasteiger partial charge in [-0.3, -0.25) is 9.98 Å². The maximum atomic E-state index is 5.19. The molecule has 0 radical (unpaired) electrons. The molecule has 0 unspecified atom stereocenters. The third-order valence-electron chi connectivity index (χ3n) is 7.76. The molecule has 3 aromatic carbocycles. The van der Waals surface area contributed by atoms with Crippen molar-refractivity contribution in [1.29, 1.82) is 0 Å². The van der Waals surface area contributed by atoms with E-state index in [4.69, 9.17) is 9.98 Å². The van der Waals surface area contributed by atoms with Gasteiger partial charge in [-0.15, -0.1) is 0 Å². The zero-order valence-electron chi connectivity index (χ0n) is 25.0. The Kier molecular flexibility index (Phi) is 11.5. The first-order valence-electron chi connectivity index (χ1n) is 14.8. The van der Waals surface area contributed by atoms with Crippen molar-refractivity contribution >= 4 is 22.8 Å². The van der Waals surface area contributed by atoms with Crippen LogP contribution in [-0.2, 0) is 12.8 Å². The van der Waals surface area contributed by atoms with Crippen LogP contribution in [-0.4, -0.2) is 11.4 Å². The Hall–Kier alpha value is -3.00. The molecule has 2 nitrogen and oxygen atoms in total. The summed E-state index contributed by atoms with van der Waals surface area (Å²) in [5, 5.41) is 0. The summed E-state index contributed by atoms with van der Waals surface area (Å²) in [7, 11) is 0. The van der Waals surface area contributed by atoms with Gasteiger partial charge in [0.2, 0.25) is 0 Å². The van der Waals surface area contributed by atoms with Gasteiger partial charge >= 0.3 is 0 Å². The molecule has 0 amide bonds. The molecule has 3 rings (SSSR count). The third-order valence-corrected chi connectivity index (χ3v) is 7.76. The second-order valence-corrected chi connectivity index (χ2v) is 10.7. The molecule has 38 heavy (non-hydrogen) atoms. The third kappa shape index (κ3) is 8.00. The average Bonchev–Trinajstić information content (AvgIpc) is 2.92. The number of nitrogens with zero attached hydrogens (tertiary/aromatic N) is 2.